The number of piperidine rings is 1. The molecule has 1 saturated heterocycles. The van der Waals surface area contributed by atoms with Crippen molar-refractivity contribution < 1.29 is 9.90 Å². The number of carboxylic acid groups (broad SMARTS) is 1. The second-order valence-corrected chi connectivity index (χ2v) is 3.53. The molecule has 1 rings (SSSR count). The molecule has 0 aromatic carbocycles. The third-order valence-corrected chi connectivity index (χ3v) is 2.40. The summed E-state index contributed by atoms with van der Waals surface area (Å²) in [5.74, 6) is 0.341. The Bertz CT molecular complexity index is 231. The topological polar surface area (TPSA) is 102 Å². The molecule has 0 aromatic rings. The lowest BCUT2D eigenvalue weighted by atomic mass is 9.98. The predicted molar refractivity (Wildman–Crippen MR) is 52.2 cm³/mol. The standard InChI is InChI=1S/C8H16N4O2/c9-7(10)12-3-1-2-6(5-12)4-11-8(13)14/h6,11H,1-5H2,(H3,9,10)(H,13,14). The number of likely N-dealkylation sites (tertiary alicyclic amines) is 1. The molecule has 0 radical (unpaired) electrons. The first-order valence-corrected chi connectivity index (χ1v) is 4.65. The van der Waals surface area contributed by atoms with Crippen LogP contribution in [0.25, 0.3) is 0 Å². The van der Waals surface area contributed by atoms with Crippen LogP contribution >= 0.6 is 0 Å². The largest absolute Gasteiger partial charge is 0.465 e. The average Bonchev–Trinajstić information content (AvgIpc) is 2.15. The highest BCUT2D eigenvalue weighted by atomic mass is 16.4. The first-order chi connectivity index (χ1) is 6.59. The normalized spacial score (nSPS) is 21.7. The van der Waals surface area contributed by atoms with Gasteiger partial charge in [0.2, 0.25) is 0 Å². The molecule has 0 saturated carbocycles. The number of hydrogen-bond donors (Lipinski definition) is 4. The minimum atomic E-state index is -0.995. The van der Waals surface area contributed by atoms with Gasteiger partial charge in [-0.1, -0.05) is 0 Å². The highest BCUT2D eigenvalue weighted by Gasteiger charge is 2.20. The zero-order valence-corrected chi connectivity index (χ0v) is 7.99. The van der Waals surface area contributed by atoms with Gasteiger partial charge in [0.05, 0.1) is 0 Å². The third kappa shape index (κ3) is 3.12. The smallest absolute Gasteiger partial charge is 0.404 e. The van der Waals surface area contributed by atoms with Crippen molar-refractivity contribution in [3.8, 4) is 0 Å². The highest BCUT2D eigenvalue weighted by molar-refractivity contribution is 5.74. The lowest BCUT2D eigenvalue weighted by Crippen LogP contribution is -2.46. The Labute approximate surface area is 82.6 Å². The Morgan fingerprint density at radius 2 is 2.43 bits per heavy atom. The van der Waals surface area contributed by atoms with E-state index in [4.69, 9.17) is 16.2 Å². The van der Waals surface area contributed by atoms with E-state index in [-0.39, 0.29) is 11.9 Å². The zero-order valence-electron chi connectivity index (χ0n) is 7.99. The maximum absolute atomic E-state index is 10.3. The summed E-state index contributed by atoms with van der Waals surface area (Å²) < 4.78 is 0. The number of hydrogen-bond acceptors (Lipinski definition) is 2. The summed E-state index contributed by atoms with van der Waals surface area (Å²) in [6.07, 6.45) is 0.959. The van der Waals surface area contributed by atoms with Gasteiger partial charge in [-0.15, -0.1) is 0 Å². The fraction of sp³-hybridized carbons (Fsp3) is 0.750. The lowest BCUT2D eigenvalue weighted by Gasteiger charge is -2.32. The van der Waals surface area contributed by atoms with Crippen LogP contribution < -0.4 is 11.1 Å². The molecule has 0 aromatic heterocycles. The second-order valence-electron chi connectivity index (χ2n) is 3.53. The van der Waals surface area contributed by atoms with E-state index in [0.717, 1.165) is 19.4 Å². The Morgan fingerprint density at radius 3 is 3.00 bits per heavy atom. The van der Waals surface area contributed by atoms with Crippen LogP contribution in [-0.2, 0) is 0 Å². The molecule has 80 valence electrons. The summed E-state index contributed by atoms with van der Waals surface area (Å²) in [6.45, 7) is 1.92. The van der Waals surface area contributed by atoms with Gasteiger partial charge < -0.3 is 21.1 Å². The van der Waals surface area contributed by atoms with Crippen molar-refractivity contribution in [2.75, 3.05) is 19.6 Å². The lowest BCUT2D eigenvalue weighted by molar-refractivity contribution is 0.186. The van der Waals surface area contributed by atoms with Crippen molar-refractivity contribution in [1.82, 2.24) is 10.2 Å². The van der Waals surface area contributed by atoms with Crippen LogP contribution in [0.2, 0.25) is 0 Å². The van der Waals surface area contributed by atoms with Crippen molar-refractivity contribution in [3.05, 3.63) is 0 Å². The molecule has 1 aliphatic rings. The van der Waals surface area contributed by atoms with E-state index in [1.807, 2.05) is 0 Å². The first-order valence-electron chi connectivity index (χ1n) is 4.65. The van der Waals surface area contributed by atoms with Crippen LogP contribution in [0.4, 0.5) is 4.79 Å². The molecule has 1 amide bonds. The van der Waals surface area contributed by atoms with E-state index in [1.165, 1.54) is 0 Å². The number of amides is 1. The van der Waals surface area contributed by atoms with Gasteiger partial charge in [-0.2, -0.15) is 0 Å². The number of nitrogens with two attached hydrogens (primary N) is 1. The van der Waals surface area contributed by atoms with Crippen LogP contribution in [0.15, 0.2) is 0 Å². The van der Waals surface area contributed by atoms with Crippen LogP contribution in [0.1, 0.15) is 12.8 Å². The van der Waals surface area contributed by atoms with Crippen molar-refractivity contribution in [1.29, 1.82) is 5.41 Å². The van der Waals surface area contributed by atoms with E-state index in [9.17, 15) is 4.79 Å². The van der Waals surface area contributed by atoms with E-state index in [0.29, 0.717) is 13.1 Å². The SMILES string of the molecule is N=C(N)N1CCCC(CNC(=O)O)C1. The first kappa shape index (κ1) is 10.6. The van der Waals surface area contributed by atoms with Crippen molar-refractivity contribution in [2.45, 2.75) is 12.8 Å². The summed E-state index contributed by atoms with van der Waals surface area (Å²) in [5.41, 5.74) is 5.36. The summed E-state index contributed by atoms with van der Waals surface area (Å²) in [6, 6.07) is 0. The predicted octanol–water partition coefficient (Wildman–Crippen LogP) is -0.141. The molecule has 1 atom stereocenters. The van der Waals surface area contributed by atoms with Crippen LogP contribution in [0, 0.1) is 11.3 Å². The number of guanidine groups is 1. The van der Waals surface area contributed by atoms with Gasteiger partial charge in [0.25, 0.3) is 0 Å². The minimum Gasteiger partial charge on any atom is -0.465 e. The van der Waals surface area contributed by atoms with Crippen molar-refractivity contribution in [3.63, 3.8) is 0 Å². The number of nitrogens with zero attached hydrogens (tertiary/aromatic N) is 1. The Hall–Kier alpha value is -1.46. The minimum absolute atomic E-state index is 0.0741. The maximum atomic E-state index is 10.3. The van der Waals surface area contributed by atoms with Gasteiger partial charge in [0.15, 0.2) is 5.96 Å². The quantitative estimate of drug-likeness (QED) is 0.368. The van der Waals surface area contributed by atoms with E-state index in [2.05, 4.69) is 5.32 Å². The molecule has 6 nitrogen and oxygen atoms in total. The maximum Gasteiger partial charge on any atom is 0.404 e. The Kier molecular flexibility index (Phi) is 3.55. The fourth-order valence-corrected chi connectivity index (χ4v) is 1.68. The van der Waals surface area contributed by atoms with Crippen LogP contribution in [-0.4, -0.2) is 41.7 Å². The van der Waals surface area contributed by atoms with E-state index in [1.54, 1.807) is 4.90 Å². The molecule has 1 fully saturated rings. The summed E-state index contributed by atoms with van der Waals surface area (Å²) in [7, 11) is 0. The molecule has 6 heteroatoms. The number of rotatable bonds is 2. The molecule has 5 N–H and O–H groups in total. The van der Waals surface area contributed by atoms with Gasteiger partial charge in [-0.25, -0.2) is 4.79 Å². The second kappa shape index (κ2) is 4.69. The molecule has 0 bridgehead atoms. The number of nitrogens with one attached hydrogen (secondary N) is 2. The molecule has 1 unspecified atom stereocenters. The molecule has 14 heavy (non-hydrogen) atoms. The van der Waals surface area contributed by atoms with E-state index >= 15 is 0 Å². The molecular formula is C8H16N4O2. The van der Waals surface area contributed by atoms with Gasteiger partial charge in [0, 0.05) is 19.6 Å². The summed E-state index contributed by atoms with van der Waals surface area (Å²) in [4.78, 5) is 12.0. The van der Waals surface area contributed by atoms with Crippen molar-refractivity contribution >= 4 is 12.1 Å². The Balaban J connectivity index is 2.32. The van der Waals surface area contributed by atoms with Gasteiger partial charge in [-0.3, -0.25) is 5.41 Å². The van der Waals surface area contributed by atoms with Gasteiger partial charge >= 0.3 is 6.09 Å². The van der Waals surface area contributed by atoms with Crippen molar-refractivity contribution in [2.24, 2.45) is 11.7 Å². The van der Waals surface area contributed by atoms with Crippen LogP contribution in [0.5, 0.6) is 0 Å². The van der Waals surface area contributed by atoms with Gasteiger partial charge in [0.1, 0.15) is 0 Å². The number of carbonyl (C=O) groups is 1. The summed E-state index contributed by atoms with van der Waals surface area (Å²) >= 11 is 0. The van der Waals surface area contributed by atoms with E-state index < -0.39 is 6.09 Å². The molecule has 1 heterocycles. The average molecular weight is 200 g/mol. The third-order valence-electron chi connectivity index (χ3n) is 2.40. The Morgan fingerprint density at radius 1 is 1.71 bits per heavy atom. The monoisotopic (exact) mass is 200 g/mol. The van der Waals surface area contributed by atoms with Crippen LogP contribution in [0.3, 0.4) is 0 Å². The fourth-order valence-electron chi connectivity index (χ4n) is 1.68. The highest BCUT2D eigenvalue weighted by Crippen LogP contribution is 2.14. The molecular weight excluding hydrogens is 184 g/mol. The molecule has 0 aliphatic carbocycles. The molecule has 0 spiro atoms. The zero-order chi connectivity index (χ0) is 10.6. The van der Waals surface area contributed by atoms with Gasteiger partial charge in [-0.05, 0) is 18.8 Å². The molecule has 1 aliphatic heterocycles. The summed E-state index contributed by atoms with van der Waals surface area (Å²) in [5, 5.41) is 18.0.